The van der Waals surface area contributed by atoms with Crippen molar-refractivity contribution < 1.29 is 9.69 Å². The molecule has 1 aliphatic carbocycles. The number of carbonyl (C=O) groups is 1. The fourth-order valence-corrected chi connectivity index (χ4v) is 3.39. The van der Waals surface area contributed by atoms with Gasteiger partial charge in [-0.1, -0.05) is 31.9 Å². The molecular formula is C19H32N3O+. The first-order valence-electron chi connectivity index (χ1n) is 8.82. The molecule has 4 heteroatoms. The molecule has 4 nitrogen and oxygen atoms in total. The van der Waals surface area contributed by atoms with Crippen LogP contribution in [-0.2, 0) is 11.3 Å². The number of hydrogen-bond donors (Lipinski definition) is 2. The predicted molar refractivity (Wildman–Crippen MR) is 95.8 cm³/mol. The molecule has 0 aromatic heterocycles. The van der Waals surface area contributed by atoms with Crippen LogP contribution in [0.1, 0.15) is 38.2 Å². The maximum absolute atomic E-state index is 12.3. The summed E-state index contributed by atoms with van der Waals surface area (Å²) in [5.41, 5.74) is 2.47. The van der Waals surface area contributed by atoms with Crippen molar-refractivity contribution in [2.24, 2.45) is 5.92 Å². The third kappa shape index (κ3) is 5.54. The zero-order valence-corrected chi connectivity index (χ0v) is 15.1. The monoisotopic (exact) mass is 318 g/mol. The van der Waals surface area contributed by atoms with Crippen LogP contribution in [-0.4, -0.2) is 39.6 Å². The molecule has 23 heavy (non-hydrogen) atoms. The second-order valence-corrected chi connectivity index (χ2v) is 7.31. The minimum atomic E-state index is 0.186. The molecule has 0 saturated heterocycles. The maximum atomic E-state index is 12.3. The summed E-state index contributed by atoms with van der Waals surface area (Å²) in [4.78, 5) is 15.6. The summed E-state index contributed by atoms with van der Waals surface area (Å²) in [6, 6.07) is 8.95. The Kier molecular flexibility index (Phi) is 6.46. The highest BCUT2D eigenvalue weighted by Crippen LogP contribution is 2.23. The van der Waals surface area contributed by atoms with Crippen molar-refractivity contribution >= 4 is 11.6 Å². The van der Waals surface area contributed by atoms with Gasteiger partial charge in [0.05, 0.1) is 7.05 Å². The van der Waals surface area contributed by atoms with Gasteiger partial charge in [-0.25, -0.2) is 0 Å². The highest BCUT2D eigenvalue weighted by atomic mass is 16.2. The van der Waals surface area contributed by atoms with Crippen LogP contribution >= 0.6 is 0 Å². The molecule has 3 atom stereocenters. The number of likely N-dealkylation sites (N-methyl/N-ethyl adjacent to an activating group) is 1. The van der Waals surface area contributed by atoms with Crippen LogP contribution in [0.5, 0.6) is 0 Å². The molecule has 1 fully saturated rings. The summed E-state index contributed by atoms with van der Waals surface area (Å²) in [5.74, 6) is 0.803. The highest BCUT2D eigenvalue weighted by Gasteiger charge is 2.23. The molecule has 0 heterocycles. The summed E-state index contributed by atoms with van der Waals surface area (Å²) in [6.07, 6.45) is 4.93. The van der Waals surface area contributed by atoms with E-state index in [0.29, 0.717) is 18.5 Å². The molecule has 0 aliphatic heterocycles. The van der Waals surface area contributed by atoms with Gasteiger partial charge in [0, 0.05) is 31.4 Å². The molecule has 0 bridgehead atoms. The normalized spacial score (nSPS) is 22.4. The first-order valence-corrected chi connectivity index (χ1v) is 8.82. The van der Waals surface area contributed by atoms with Crippen LogP contribution in [0.2, 0.25) is 0 Å². The Morgan fingerprint density at radius 2 is 1.87 bits per heavy atom. The van der Waals surface area contributed by atoms with Gasteiger partial charge in [0.15, 0.2) is 6.54 Å². The Labute approximate surface area is 140 Å². The van der Waals surface area contributed by atoms with Gasteiger partial charge in [0.1, 0.15) is 6.54 Å². The molecule has 2 N–H and O–H groups in total. The van der Waals surface area contributed by atoms with E-state index >= 15 is 0 Å². The zero-order chi connectivity index (χ0) is 16.8. The summed E-state index contributed by atoms with van der Waals surface area (Å²) >= 11 is 0. The molecule has 2 rings (SSSR count). The van der Waals surface area contributed by atoms with Crippen molar-refractivity contribution in [3.8, 4) is 0 Å². The molecule has 1 aromatic rings. The Hall–Kier alpha value is -1.55. The molecule has 0 spiro atoms. The standard InChI is InChI=1S/C19H31N3O/c1-15-7-5-6-8-18(15)20-19(23)14-22(4)13-16-9-11-17(12-10-16)21(2)3/h9-12,15,18H,5-8,13-14H2,1-4H3,(H,20,23)/p+1/t15-,18+/m1/s1. The van der Waals surface area contributed by atoms with Crippen molar-refractivity contribution in [2.75, 3.05) is 32.6 Å². The number of hydrogen-bond acceptors (Lipinski definition) is 2. The minimum absolute atomic E-state index is 0.186. The van der Waals surface area contributed by atoms with E-state index in [2.05, 4.69) is 48.5 Å². The molecule has 0 radical (unpaired) electrons. The largest absolute Gasteiger partial charge is 0.378 e. The summed E-state index contributed by atoms with van der Waals surface area (Å²) in [6.45, 7) is 3.67. The van der Waals surface area contributed by atoms with E-state index in [1.807, 2.05) is 14.1 Å². The van der Waals surface area contributed by atoms with Gasteiger partial charge in [0.25, 0.3) is 5.91 Å². The van der Waals surface area contributed by atoms with Crippen molar-refractivity contribution in [1.29, 1.82) is 0 Å². The first-order chi connectivity index (χ1) is 11.0. The smallest absolute Gasteiger partial charge is 0.275 e. The quantitative estimate of drug-likeness (QED) is 0.833. The lowest BCUT2D eigenvalue weighted by Gasteiger charge is -2.29. The predicted octanol–water partition coefficient (Wildman–Crippen LogP) is 1.46. The lowest BCUT2D eigenvalue weighted by Crippen LogP contribution is -3.09. The van der Waals surface area contributed by atoms with Crippen molar-refractivity contribution in [3.63, 3.8) is 0 Å². The first kappa shape index (κ1) is 17.8. The van der Waals surface area contributed by atoms with Crippen LogP contribution in [0.15, 0.2) is 24.3 Å². The van der Waals surface area contributed by atoms with Gasteiger partial charge in [-0.15, -0.1) is 0 Å². The summed E-state index contributed by atoms with van der Waals surface area (Å²) in [5, 5.41) is 3.24. The van der Waals surface area contributed by atoms with E-state index in [0.717, 1.165) is 13.0 Å². The second kappa shape index (κ2) is 8.34. The number of rotatable bonds is 6. The second-order valence-electron chi connectivity index (χ2n) is 7.31. The van der Waals surface area contributed by atoms with Gasteiger partial charge in [-0.05, 0) is 30.9 Å². The van der Waals surface area contributed by atoms with Gasteiger partial charge in [0.2, 0.25) is 0 Å². The molecule has 1 amide bonds. The number of carbonyl (C=O) groups excluding carboxylic acids is 1. The Morgan fingerprint density at radius 3 is 2.48 bits per heavy atom. The molecule has 1 unspecified atom stereocenters. The highest BCUT2D eigenvalue weighted by molar-refractivity contribution is 5.77. The van der Waals surface area contributed by atoms with Crippen LogP contribution in [0, 0.1) is 5.92 Å². The average Bonchev–Trinajstić information content (AvgIpc) is 2.50. The fraction of sp³-hybridized carbons (Fsp3) is 0.632. The lowest BCUT2D eigenvalue weighted by atomic mass is 9.86. The zero-order valence-electron chi connectivity index (χ0n) is 15.1. The Morgan fingerprint density at radius 1 is 1.22 bits per heavy atom. The number of quaternary nitrogens is 1. The van der Waals surface area contributed by atoms with Crippen LogP contribution < -0.4 is 15.1 Å². The van der Waals surface area contributed by atoms with Gasteiger partial charge in [-0.3, -0.25) is 4.79 Å². The average molecular weight is 318 g/mol. The molecule has 1 aliphatic rings. The van der Waals surface area contributed by atoms with Crippen LogP contribution in [0.25, 0.3) is 0 Å². The van der Waals surface area contributed by atoms with E-state index < -0.39 is 0 Å². The van der Waals surface area contributed by atoms with Gasteiger partial charge >= 0.3 is 0 Å². The lowest BCUT2D eigenvalue weighted by molar-refractivity contribution is -0.885. The molecule has 1 saturated carbocycles. The van der Waals surface area contributed by atoms with Crippen molar-refractivity contribution in [3.05, 3.63) is 29.8 Å². The van der Waals surface area contributed by atoms with Crippen LogP contribution in [0.4, 0.5) is 5.69 Å². The number of nitrogens with zero attached hydrogens (tertiary/aromatic N) is 1. The Balaban J connectivity index is 1.79. The molecule has 128 valence electrons. The van der Waals surface area contributed by atoms with Crippen LogP contribution in [0.3, 0.4) is 0 Å². The maximum Gasteiger partial charge on any atom is 0.275 e. The minimum Gasteiger partial charge on any atom is -0.378 e. The number of nitrogens with one attached hydrogen (secondary N) is 2. The summed E-state index contributed by atoms with van der Waals surface area (Å²) in [7, 11) is 6.18. The van der Waals surface area contributed by atoms with E-state index in [1.54, 1.807) is 0 Å². The van der Waals surface area contributed by atoms with Gasteiger partial charge < -0.3 is 15.1 Å². The van der Waals surface area contributed by atoms with Crippen molar-refractivity contribution in [2.45, 2.75) is 45.2 Å². The number of amides is 1. The summed E-state index contributed by atoms with van der Waals surface area (Å²) < 4.78 is 0. The van der Waals surface area contributed by atoms with E-state index in [1.165, 1.54) is 35.4 Å². The SMILES string of the molecule is C[C@@H]1CCCC[C@@H]1NC(=O)C[NH+](C)Cc1ccc(N(C)C)cc1. The third-order valence-corrected chi connectivity index (χ3v) is 4.88. The third-order valence-electron chi connectivity index (χ3n) is 4.88. The topological polar surface area (TPSA) is 36.8 Å². The van der Waals surface area contributed by atoms with E-state index in [-0.39, 0.29) is 5.91 Å². The number of benzene rings is 1. The van der Waals surface area contributed by atoms with E-state index in [4.69, 9.17) is 0 Å². The fourth-order valence-electron chi connectivity index (χ4n) is 3.39. The van der Waals surface area contributed by atoms with Crippen molar-refractivity contribution in [1.82, 2.24) is 5.32 Å². The van der Waals surface area contributed by atoms with Gasteiger partial charge in [-0.2, -0.15) is 0 Å². The van der Waals surface area contributed by atoms with E-state index in [9.17, 15) is 4.79 Å². The molecule has 1 aromatic carbocycles. The molecular weight excluding hydrogens is 286 g/mol. The number of anilines is 1. The Bertz CT molecular complexity index is 498.